The van der Waals surface area contributed by atoms with E-state index in [0.717, 1.165) is 11.3 Å². The Morgan fingerprint density at radius 3 is 2.27 bits per heavy atom. The van der Waals surface area contributed by atoms with Crippen molar-refractivity contribution in [3.05, 3.63) is 89.6 Å². The van der Waals surface area contributed by atoms with Gasteiger partial charge in [0.15, 0.2) is 9.84 Å². The summed E-state index contributed by atoms with van der Waals surface area (Å²) in [5, 5.41) is 9.93. The molecule has 0 fully saturated rings. The predicted molar refractivity (Wildman–Crippen MR) is 122 cm³/mol. The van der Waals surface area contributed by atoms with Gasteiger partial charge in [0.1, 0.15) is 5.75 Å². The molecule has 1 aliphatic rings. The lowest BCUT2D eigenvalue weighted by Gasteiger charge is -2.36. The van der Waals surface area contributed by atoms with Crippen LogP contribution in [0.25, 0.3) is 11.1 Å². The van der Waals surface area contributed by atoms with Gasteiger partial charge in [0.2, 0.25) is 0 Å². The fraction of sp³-hybridized carbons (Fsp3) is 0.200. The van der Waals surface area contributed by atoms with E-state index < -0.39 is 9.84 Å². The molecule has 0 bridgehead atoms. The van der Waals surface area contributed by atoms with Crippen molar-refractivity contribution in [2.75, 3.05) is 10.7 Å². The molecule has 1 N–H and O–H groups in total. The number of benzene rings is 3. The molecule has 154 valence electrons. The van der Waals surface area contributed by atoms with Crippen molar-refractivity contribution in [2.45, 2.75) is 31.7 Å². The van der Waals surface area contributed by atoms with E-state index in [-0.39, 0.29) is 22.4 Å². The quantitative estimate of drug-likeness (QED) is 0.603. The molecule has 0 aromatic heterocycles. The van der Waals surface area contributed by atoms with Gasteiger partial charge in [0.05, 0.1) is 16.7 Å². The first kappa shape index (κ1) is 20.2. The van der Waals surface area contributed by atoms with Crippen LogP contribution in [0.1, 0.15) is 29.7 Å². The number of aromatic hydroxyl groups is 1. The van der Waals surface area contributed by atoms with E-state index in [9.17, 15) is 13.5 Å². The Morgan fingerprint density at radius 1 is 0.967 bits per heavy atom. The van der Waals surface area contributed by atoms with Gasteiger partial charge >= 0.3 is 0 Å². The average Bonchev–Trinajstić information content (AvgIpc) is 2.74. The molecule has 0 aliphatic carbocycles. The molecule has 4 nitrogen and oxygen atoms in total. The number of hydrogen-bond acceptors (Lipinski definition) is 4. The van der Waals surface area contributed by atoms with Crippen LogP contribution in [0.3, 0.4) is 0 Å². The zero-order chi connectivity index (χ0) is 21.5. The lowest BCUT2D eigenvalue weighted by atomic mass is 9.89. The van der Waals surface area contributed by atoms with Gasteiger partial charge in [-0.1, -0.05) is 48.5 Å². The first-order valence-electron chi connectivity index (χ1n) is 9.96. The smallest absolute Gasteiger partial charge is 0.182 e. The van der Waals surface area contributed by atoms with Gasteiger partial charge in [-0.25, -0.2) is 8.42 Å². The van der Waals surface area contributed by atoms with E-state index in [0.29, 0.717) is 11.1 Å². The average molecular weight is 420 g/mol. The minimum atomic E-state index is -3.50. The van der Waals surface area contributed by atoms with E-state index in [1.807, 2.05) is 30.5 Å². The van der Waals surface area contributed by atoms with E-state index >= 15 is 0 Å². The first-order chi connectivity index (χ1) is 14.3. The molecule has 1 aliphatic heterocycles. The highest BCUT2D eigenvalue weighted by atomic mass is 32.2. The normalized spacial score (nSPS) is 15.8. The number of nitrogens with zero attached hydrogens (tertiary/aromatic N) is 1. The van der Waals surface area contributed by atoms with Crippen molar-refractivity contribution in [1.29, 1.82) is 0 Å². The van der Waals surface area contributed by atoms with Gasteiger partial charge in [-0.2, -0.15) is 0 Å². The van der Waals surface area contributed by atoms with Crippen LogP contribution >= 0.6 is 0 Å². The second kappa shape index (κ2) is 7.65. The van der Waals surface area contributed by atoms with E-state index in [4.69, 9.17) is 0 Å². The number of rotatable bonds is 4. The zero-order valence-corrected chi connectivity index (χ0v) is 18.1. The Labute approximate surface area is 178 Å². The third-order valence-electron chi connectivity index (χ3n) is 5.71. The topological polar surface area (TPSA) is 57.6 Å². The van der Waals surface area contributed by atoms with Crippen molar-refractivity contribution >= 4 is 15.5 Å². The fourth-order valence-corrected chi connectivity index (χ4v) is 5.32. The molecule has 1 atom stereocenters. The molecule has 0 saturated carbocycles. The van der Waals surface area contributed by atoms with Gasteiger partial charge in [-0.3, -0.25) is 0 Å². The second-order valence-corrected chi connectivity index (χ2v) is 9.79. The third-order valence-corrected chi connectivity index (χ3v) is 7.29. The molecule has 4 rings (SSSR count). The largest absolute Gasteiger partial charge is 0.507 e. The molecule has 5 heteroatoms. The Morgan fingerprint density at radius 2 is 1.57 bits per heavy atom. The Bertz CT molecular complexity index is 1220. The lowest BCUT2D eigenvalue weighted by Crippen LogP contribution is -2.25. The van der Waals surface area contributed by atoms with Gasteiger partial charge in [0.25, 0.3) is 0 Å². The van der Waals surface area contributed by atoms with E-state index in [1.165, 1.54) is 23.3 Å². The Kier molecular flexibility index (Phi) is 5.16. The molecule has 0 spiro atoms. The summed E-state index contributed by atoms with van der Waals surface area (Å²) in [6.45, 7) is 5.54. The van der Waals surface area contributed by atoms with Crippen molar-refractivity contribution in [1.82, 2.24) is 0 Å². The summed E-state index contributed by atoms with van der Waals surface area (Å²) in [6, 6.07) is 19.7. The third kappa shape index (κ3) is 3.50. The van der Waals surface area contributed by atoms with Crippen LogP contribution in [0.15, 0.2) is 77.8 Å². The number of phenols is 1. The van der Waals surface area contributed by atoms with Crippen LogP contribution in [0.2, 0.25) is 0 Å². The summed E-state index contributed by atoms with van der Waals surface area (Å²) < 4.78 is 25.7. The highest BCUT2D eigenvalue weighted by Gasteiger charge is 2.26. The van der Waals surface area contributed by atoms with Gasteiger partial charge in [0, 0.05) is 17.5 Å². The van der Waals surface area contributed by atoms with Crippen LogP contribution in [0.5, 0.6) is 5.75 Å². The zero-order valence-electron chi connectivity index (χ0n) is 17.3. The molecule has 0 saturated heterocycles. The molecule has 1 heterocycles. The number of aryl methyl sites for hydroxylation is 2. The molecule has 3 aromatic rings. The summed E-state index contributed by atoms with van der Waals surface area (Å²) in [4.78, 5) is 2.36. The van der Waals surface area contributed by atoms with Crippen molar-refractivity contribution < 1.29 is 13.5 Å². The molecule has 30 heavy (non-hydrogen) atoms. The van der Waals surface area contributed by atoms with Crippen molar-refractivity contribution in [3.63, 3.8) is 0 Å². The Hall–Kier alpha value is -3.05. The summed E-state index contributed by atoms with van der Waals surface area (Å²) in [5.74, 6) is 0.0332. The van der Waals surface area contributed by atoms with Gasteiger partial charge < -0.3 is 10.0 Å². The van der Waals surface area contributed by atoms with E-state index in [2.05, 4.69) is 36.1 Å². The number of phenolic OH excluding ortho intramolecular Hbond substituents is 1. The Balaban J connectivity index is 1.65. The van der Waals surface area contributed by atoms with E-state index in [1.54, 1.807) is 19.9 Å². The summed E-state index contributed by atoms with van der Waals surface area (Å²) >= 11 is 0. The van der Waals surface area contributed by atoms with Crippen molar-refractivity contribution in [3.8, 4) is 16.9 Å². The first-order valence-corrected chi connectivity index (χ1v) is 11.6. The summed E-state index contributed by atoms with van der Waals surface area (Å²) in [6.07, 6.45) is 3.57. The highest BCUT2D eigenvalue weighted by Crippen LogP contribution is 2.44. The molecule has 1 unspecified atom stereocenters. The number of sulfone groups is 1. The fourth-order valence-electron chi connectivity index (χ4n) is 4.08. The maximum Gasteiger partial charge on any atom is 0.182 e. The van der Waals surface area contributed by atoms with Crippen LogP contribution in [-0.4, -0.2) is 19.3 Å². The summed E-state index contributed by atoms with van der Waals surface area (Å²) in [7, 11) is -3.50. The number of fused-ring (bicyclic) bond motifs is 3. The molecule has 3 aromatic carbocycles. The molecule has 0 amide bonds. The van der Waals surface area contributed by atoms with Crippen LogP contribution in [0.4, 0.5) is 5.69 Å². The molecular formula is C25H25NO3S. The van der Waals surface area contributed by atoms with Gasteiger partial charge in [-0.05, 0) is 61.2 Å². The summed E-state index contributed by atoms with van der Waals surface area (Å²) in [5.41, 5.74) is 5.76. The van der Waals surface area contributed by atoms with Crippen LogP contribution < -0.4 is 4.90 Å². The number of anilines is 1. The highest BCUT2D eigenvalue weighted by molar-refractivity contribution is 7.91. The monoisotopic (exact) mass is 419 g/mol. The number of hydrogen-bond donors (Lipinski definition) is 1. The van der Waals surface area contributed by atoms with Crippen molar-refractivity contribution in [2.24, 2.45) is 0 Å². The standard InChI is InChI=1S/C25H25NO3S/c1-17-15-20(16-18(2)25(17)27)30(28,29)14-8-13-26-19(3)21-9-4-5-10-22(21)23-11-6-7-12-24(23)26/h4-13,15-16,19,27H,14H2,1-3H3. The maximum atomic E-state index is 12.9. The second-order valence-electron chi connectivity index (χ2n) is 7.76. The molecule has 0 radical (unpaired) electrons. The SMILES string of the molecule is Cc1cc(S(=O)(=O)CC=CN2c3ccccc3-c3ccccc3C2C)cc(C)c1O. The number of para-hydroxylation sites is 1. The lowest BCUT2D eigenvalue weighted by molar-refractivity contribution is 0.466. The van der Waals surface area contributed by atoms with Crippen LogP contribution in [0, 0.1) is 13.8 Å². The van der Waals surface area contributed by atoms with Gasteiger partial charge in [-0.15, -0.1) is 0 Å². The predicted octanol–water partition coefficient (Wildman–Crippen LogP) is 5.54. The minimum absolute atomic E-state index is 0.0909. The molecular weight excluding hydrogens is 394 g/mol. The van der Waals surface area contributed by atoms with Crippen LogP contribution in [-0.2, 0) is 9.84 Å². The minimum Gasteiger partial charge on any atom is -0.507 e. The maximum absolute atomic E-state index is 12.9.